The number of carboxylic acids is 1. The van der Waals surface area contributed by atoms with Crippen LogP contribution >= 0.6 is 0 Å². The fourth-order valence-corrected chi connectivity index (χ4v) is 12.9. The molecule has 0 spiro atoms. The Morgan fingerprint density at radius 1 is 0.699 bits per heavy atom. The molecule has 6 rings (SSSR count). The fraction of sp³-hybridized carbons (Fsp3) is 0.435. The SMILES string of the molecule is COCCOCCOCCN1C(=CC=CC2=[N+](CCCCCC(=O)O)c3ccc4c(S(=O)(=O)O)cc(S(=O)(=O)O)cc4c3C2(C)C)C(C)(CCCS(=O)(=O)O)c2c1ccc1c(S(=O)(=O)[O-])cc(S(=O)(=O)O)cc21. The van der Waals surface area contributed by atoms with Crippen molar-refractivity contribution in [3.05, 3.63) is 83.6 Å². The van der Waals surface area contributed by atoms with Gasteiger partial charge in [-0.1, -0.05) is 12.1 Å². The lowest BCUT2D eigenvalue weighted by atomic mass is 9.75. The average Bonchev–Trinajstić information content (AvgIpc) is 3.63. The molecule has 22 nitrogen and oxygen atoms in total. The number of hydrogen-bond acceptors (Lipinski definition) is 16. The second-order valence-electron chi connectivity index (χ2n) is 18.2. The van der Waals surface area contributed by atoms with E-state index < -0.39 is 92.7 Å². The van der Waals surface area contributed by atoms with Gasteiger partial charge >= 0.3 is 5.97 Å². The molecule has 400 valence electrons. The van der Waals surface area contributed by atoms with Crippen molar-refractivity contribution < 1.29 is 93.5 Å². The van der Waals surface area contributed by atoms with Crippen LogP contribution < -0.4 is 4.90 Å². The molecule has 4 aromatic rings. The zero-order chi connectivity index (χ0) is 54.1. The molecule has 2 heterocycles. The van der Waals surface area contributed by atoms with E-state index in [0.717, 1.165) is 12.1 Å². The van der Waals surface area contributed by atoms with E-state index in [0.29, 0.717) is 73.0 Å². The van der Waals surface area contributed by atoms with Crippen molar-refractivity contribution in [3.8, 4) is 0 Å². The van der Waals surface area contributed by atoms with E-state index in [9.17, 15) is 74.8 Å². The number of hydrogen-bond donors (Lipinski definition) is 5. The second-order valence-corrected chi connectivity index (χ2v) is 25.4. The molecule has 1 unspecified atom stereocenters. The number of carbonyl (C=O) groups is 1. The van der Waals surface area contributed by atoms with Gasteiger partial charge in [-0.3, -0.25) is 23.0 Å². The minimum atomic E-state index is -5.40. The van der Waals surface area contributed by atoms with E-state index in [-0.39, 0.29) is 79.3 Å². The number of fused-ring (bicyclic) bond motifs is 6. The molecule has 1 atom stereocenters. The van der Waals surface area contributed by atoms with E-state index in [1.807, 2.05) is 4.58 Å². The third-order valence-corrected chi connectivity index (χ3v) is 17.1. The van der Waals surface area contributed by atoms with E-state index in [1.165, 1.54) is 25.3 Å². The summed E-state index contributed by atoms with van der Waals surface area (Å²) in [6, 6.07) is 9.07. The minimum Gasteiger partial charge on any atom is -0.744 e. The van der Waals surface area contributed by atoms with Crippen LogP contribution in [0.4, 0.5) is 11.4 Å². The summed E-state index contributed by atoms with van der Waals surface area (Å²) in [4.78, 5) is 9.65. The number of nitrogens with zero attached hydrogens (tertiary/aromatic N) is 2. The molecule has 27 heteroatoms. The predicted octanol–water partition coefficient (Wildman–Crippen LogP) is 5.22. The van der Waals surface area contributed by atoms with E-state index in [2.05, 4.69) is 0 Å². The van der Waals surface area contributed by atoms with Gasteiger partial charge in [-0.05, 0) is 111 Å². The van der Waals surface area contributed by atoms with Gasteiger partial charge in [0.15, 0.2) is 5.71 Å². The van der Waals surface area contributed by atoms with Crippen molar-refractivity contribution in [2.75, 3.05) is 63.9 Å². The summed E-state index contributed by atoms with van der Waals surface area (Å²) in [5, 5.41) is 8.99. The number of ether oxygens (including phenoxy) is 3. The van der Waals surface area contributed by atoms with Crippen LogP contribution in [0.2, 0.25) is 0 Å². The molecule has 0 aromatic heterocycles. The highest BCUT2D eigenvalue weighted by Gasteiger charge is 2.47. The van der Waals surface area contributed by atoms with Crippen LogP contribution in [0.25, 0.3) is 21.5 Å². The Kier molecular flexibility index (Phi) is 17.2. The maximum absolute atomic E-state index is 12.7. The number of rotatable bonds is 25. The number of aliphatic carboxylic acids is 1. The summed E-state index contributed by atoms with van der Waals surface area (Å²) in [6.07, 6.45) is 5.83. The average molecular weight is 1120 g/mol. The van der Waals surface area contributed by atoms with Crippen LogP contribution in [0.5, 0.6) is 0 Å². The first kappa shape index (κ1) is 57.5. The third-order valence-electron chi connectivity index (χ3n) is 12.9. The summed E-state index contributed by atoms with van der Waals surface area (Å²) in [5.74, 6) is -1.71. The van der Waals surface area contributed by atoms with Gasteiger partial charge in [0.25, 0.3) is 40.5 Å². The highest BCUT2D eigenvalue weighted by Crippen LogP contribution is 2.54. The number of anilines is 1. The van der Waals surface area contributed by atoms with Crippen LogP contribution in [0.3, 0.4) is 0 Å². The zero-order valence-electron chi connectivity index (χ0n) is 40.0. The molecule has 2 aliphatic heterocycles. The lowest BCUT2D eigenvalue weighted by Crippen LogP contribution is -2.32. The van der Waals surface area contributed by atoms with Gasteiger partial charge in [0.05, 0.1) is 58.9 Å². The molecule has 2 aliphatic rings. The topological polar surface area (TPSA) is 346 Å². The monoisotopic (exact) mass is 1120 g/mol. The molecule has 0 bridgehead atoms. The summed E-state index contributed by atoms with van der Waals surface area (Å²) in [6.45, 7) is 6.53. The molecule has 5 N–H and O–H groups in total. The quantitative estimate of drug-likeness (QED) is 0.0322. The molecule has 73 heavy (non-hydrogen) atoms. The molecular formula is C46H56N2O20S5. The summed E-state index contributed by atoms with van der Waals surface area (Å²) < 4.78 is 197. The molecule has 0 aliphatic carbocycles. The maximum atomic E-state index is 12.7. The molecule has 0 fully saturated rings. The highest BCUT2D eigenvalue weighted by atomic mass is 32.2. The van der Waals surface area contributed by atoms with Gasteiger partial charge in [0.1, 0.15) is 21.6 Å². The standard InChI is InChI=1S/C46H56N2O20S5/c1-45(2)40(47(18-7-5-6-12-42(49)50)36-15-13-32-34(43(36)45)26-30(70(54,55)56)28-38(32)72(60,61)62)10-8-11-41-46(3,17-9-25-69(51,52)53)44-35-27-31(71(57,58)59)29-39(73(63,64)65)33(35)14-16-37(44)48(41)19-20-67-23-24-68-22-21-66-4/h8,10-11,13-16,26-29H,5-7,9,12,17-25H2,1-4H3,(H5-,49,50,51,52,53,54,55,56,57,58,59,60,61,62,63,64,65). The largest absolute Gasteiger partial charge is 0.744 e. The lowest BCUT2D eigenvalue weighted by molar-refractivity contribution is -0.438. The van der Waals surface area contributed by atoms with E-state index >= 15 is 0 Å². The Labute approximate surface area is 423 Å². The smallest absolute Gasteiger partial charge is 0.303 e. The van der Waals surface area contributed by atoms with Gasteiger partial charge in [-0.15, -0.1) is 0 Å². The molecule has 0 radical (unpaired) electrons. The number of benzene rings is 4. The Morgan fingerprint density at radius 3 is 1.85 bits per heavy atom. The van der Waals surface area contributed by atoms with Gasteiger partial charge in [-0.25, -0.2) is 8.42 Å². The van der Waals surface area contributed by atoms with Crippen molar-refractivity contribution >= 4 is 95.2 Å². The van der Waals surface area contributed by atoms with Crippen molar-refractivity contribution in [1.82, 2.24) is 0 Å². The van der Waals surface area contributed by atoms with Crippen LogP contribution in [-0.4, -0.2) is 145 Å². The first-order chi connectivity index (χ1) is 33.8. The maximum Gasteiger partial charge on any atom is 0.303 e. The van der Waals surface area contributed by atoms with Crippen LogP contribution in [0.1, 0.15) is 70.4 Å². The molecule has 0 amide bonds. The Morgan fingerprint density at radius 2 is 1.27 bits per heavy atom. The number of unbranched alkanes of at least 4 members (excludes halogenated alkanes) is 2. The van der Waals surface area contributed by atoms with E-state index in [4.69, 9.17) is 14.2 Å². The van der Waals surface area contributed by atoms with Gasteiger partial charge < -0.3 is 28.8 Å². The molecule has 0 saturated heterocycles. The fourth-order valence-electron chi connectivity index (χ4n) is 9.77. The molecular weight excluding hydrogens is 1060 g/mol. The minimum absolute atomic E-state index is 0.0259. The first-order valence-electron chi connectivity index (χ1n) is 22.6. The highest BCUT2D eigenvalue weighted by molar-refractivity contribution is 7.87. The lowest BCUT2D eigenvalue weighted by Gasteiger charge is -2.31. The number of allylic oxidation sites excluding steroid dienone is 4. The molecule has 0 saturated carbocycles. The van der Waals surface area contributed by atoms with E-state index in [1.54, 1.807) is 50.0 Å². The Bertz CT molecular complexity index is 3520. The first-order valence-corrected chi connectivity index (χ1v) is 29.9. The summed E-state index contributed by atoms with van der Waals surface area (Å²) >= 11 is 0. The molecule has 4 aromatic carbocycles. The number of carboxylic acid groups (broad SMARTS) is 1. The van der Waals surface area contributed by atoms with Crippen LogP contribution in [0, 0.1) is 0 Å². The Hall–Kier alpha value is -4.75. The number of methoxy groups -OCH3 is 1. The second kappa shape index (κ2) is 21.8. The van der Waals surface area contributed by atoms with Gasteiger partial charge in [0.2, 0.25) is 5.69 Å². The summed E-state index contributed by atoms with van der Waals surface area (Å²) in [7, 11) is -23.7. The Balaban J connectivity index is 1.60. The summed E-state index contributed by atoms with van der Waals surface area (Å²) in [5.41, 5.74) is -0.144. The van der Waals surface area contributed by atoms with Crippen molar-refractivity contribution in [3.63, 3.8) is 0 Å². The van der Waals surface area contributed by atoms with Gasteiger partial charge in [-0.2, -0.15) is 38.2 Å². The predicted molar refractivity (Wildman–Crippen MR) is 265 cm³/mol. The third kappa shape index (κ3) is 12.9. The zero-order valence-corrected chi connectivity index (χ0v) is 44.1. The van der Waals surface area contributed by atoms with Crippen molar-refractivity contribution in [2.45, 2.75) is 89.7 Å². The van der Waals surface area contributed by atoms with Crippen LogP contribution in [-0.2, 0) is 80.4 Å². The van der Waals surface area contributed by atoms with Gasteiger partial charge in [0, 0.05) is 66.4 Å². The normalized spacial score (nSPS) is 17.9. The van der Waals surface area contributed by atoms with Crippen molar-refractivity contribution in [1.29, 1.82) is 0 Å². The van der Waals surface area contributed by atoms with Crippen molar-refractivity contribution in [2.24, 2.45) is 0 Å². The van der Waals surface area contributed by atoms with Crippen LogP contribution in [0.15, 0.2) is 92.0 Å².